The van der Waals surface area contributed by atoms with Gasteiger partial charge in [0, 0.05) is 12.6 Å². The number of rotatable bonds is 5. The van der Waals surface area contributed by atoms with Crippen LogP contribution < -0.4 is 5.32 Å². The van der Waals surface area contributed by atoms with Crippen LogP contribution in [0.5, 0.6) is 0 Å². The molecular formula is C19H23NO4S2. The van der Waals surface area contributed by atoms with Crippen molar-refractivity contribution in [3.8, 4) is 0 Å². The predicted molar refractivity (Wildman–Crippen MR) is 103 cm³/mol. The fourth-order valence-corrected chi connectivity index (χ4v) is 8.00. The molecular weight excluding hydrogens is 370 g/mol. The summed E-state index contributed by atoms with van der Waals surface area (Å²) in [5.74, 6) is -0.497. The van der Waals surface area contributed by atoms with Crippen molar-refractivity contribution in [2.45, 2.75) is 36.6 Å². The Hall–Kier alpha value is -1.70. The third kappa shape index (κ3) is 4.16. The van der Waals surface area contributed by atoms with Crippen molar-refractivity contribution in [2.75, 3.05) is 11.5 Å². The van der Waals surface area contributed by atoms with Gasteiger partial charge in [-0.2, -0.15) is 0 Å². The first-order valence-electron chi connectivity index (χ1n) is 8.47. The Labute approximate surface area is 155 Å². The van der Waals surface area contributed by atoms with Gasteiger partial charge in [0.25, 0.3) is 0 Å². The lowest BCUT2D eigenvalue weighted by Crippen LogP contribution is -2.43. The number of nitrogens with one attached hydrogen (secondary N) is 1. The molecule has 1 fully saturated rings. The van der Waals surface area contributed by atoms with Gasteiger partial charge in [0.1, 0.15) is 0 Å². The Morgan fingerprint density at radius 1 is 1.00 bits per heavy atom. The van der Waals surface area contributed by atoms with Crippen molar-refractivity contribution in [3.05, 3.63) is 65.2 Å². The highest BCUT2D eigenvalue weighted by Gasteiger charge is 2.45. The third-order valence-electron chi connectivity index (χ3n) is 4.70. The van der Waals surface area contributed by atoms with Crippen LogP contribution in [0.15, 0.2) is 53.4 Å². The average Bonchev–Trinajstić information content (AvgIpc) is 2.89. The Morgan fingerprint density at radius 2 is 1.69 bits per heavy atom. The lowest BCUT2D eigenvalue weighted by atomic mass is 10.1. The molecule has 0 amide bonds. The van der Waals surface area contributed by atoms with Gasteiger partial charge in [-0.15, -0.1) is 0 Å². The molecule has 0 radical (unpaired) electrons. The molecule has 1 aliphatic heterocycles. The second kappa shape index (κ2) is 7.13. The van der Waals surface area contributed by atoms with E-state index in [1.54, 1.807) is 24.3 Å². The SMILES string of the molecule is Cc1ccc(S(=O)(=O)C2CS(=O)(=O)CC2NCc2cccc(C)c2)cc1. The Balaban J connectivity index is 1.85. The summed E-state index contributed by atoms with van der Waals surface area (Å²) in [6.07, 6.45) is 0. The standard InChI is InChI=1S/C19H23NO4S2/c1-14-6-8-17(9-7-14)26(23,24)19-13-25(21,22)12-18(19)20-11-16-5-3-4-15(2)10-16/h3-10,18-20H,11-13H2,1-2H3. The van der Waals surface area contributed by atoms with Crippen molar-refractivity contribution >= 4 is 19.7 Å². The lowest BCUT2D eigenvalue weighted by Gasteiger charge is -2.20. The summed E-state index contributed by atoms with van der Waals surface area (Å²) >= 11 is 0. The molecule has 2 unspecified atom stereocenters. The molecule has 1 heterocycles. The molecule has 0 aliphatic carbocycles. The summed E-state index contributed by atoms with van der Waals surface area (Å²) in [7, 11) is -7.13. The molecule has 1 N–H and O–H groups in total. The highest BCUT2D eigenvalue weighted by atomic mass is 32.2. The monoisotopic (exact) mass is 393 g/mol. The van der Waals surface area contributed by atoms with Gasteiger partial charge < -0.3 is 5.32 Å². The molecule has 5 nitrogen and oxygen atoms in total. The van der Waals surface area contributed by atoms with E-state index in [2.05, 4.69) is 5.32 Å². The molecule has 1 aliphatic rings. The third-order valence-corrected chi connectivity index (χ3v) is 8.87. The van der Waals surface area contributed by atoms with Crippen molar-refractivity contribution in [2.24, 2.45) is 0 Å². The second-order valence-corrected chi connectivity index (χ2v) is 11.3. The summed E-state index contributed by atoms with van der Waals surface area (Å²) in [6, 6.07) is 13.8. The fourth-order valence-electron chi connectivity index (χ4n) is 3.29. The molecule has 2 aromatic rings. The molecule has 2 aromatic carbocycles. The van der Waals surface area contributed by atoms with E-state index in [4.69, 9.17) is 0 Å². The average molecular weight is 394 g/mol. The highest BCUT2D eigenvalue weighted by Crippen LogP contribution is 2.26. The highest BCUT2D eigenvalue weighted by molar-refractivity contribution is 7.96. The zero-order valence-corrected chi connectivity index (χ0v) is 16.5. The smallest absolute Gasteiger partial charge is 0.183 e. The van der Waals surface area contributed by atoms with Crippen molar-refractivity contribution < 1.29 is 16.8 Å². The molecule has 1 saturated heterocycles. The number of benzene rings is 2. The van der Waals surface area contributed by atoms with E-state index in [0.29, 0.717) is 6.54 Å². The molecule has 3 rings (SSSR count). The van der Waals surface area contributed by atoms with E-state index in [9.17, 15) is 16.8 Å². The normalized spacial score (nSPS) is 22.4. The first-order valence-corrected chi connectivity index (χ1v) is 11.8. The molecule has 2 atom stereocenters. The largest absolute Gasteiger partial charge is 0.308 e. The maximum Gasteiger partial charge on any atom is 0.183 e. The Morgan fingerprint density at radius 3 is 2.35 bits per heavy atom. The number of aryl methyl sites for hydroxylation is 2. The summed E-state index contributed by atoms with van der Waals surface area (Å²) in [6.45, 7) is 4.29. The summed E-state index contributed by atoms with van der Waals surface area (Å²) in [5, 5.41) is 2.19. The molecule has 0 aromatic heterocycles. The first kappa shape index (κ1) is 19.1. The zero-order chi connectivity index (χ0) is 18.9. The minimum atomic E-state index is -3.73. The van der Waals surface area contributed by atoms with Gasteiger partial charge in [-0.05, 0) is 31.5 Å². The van der Waals surface area contributed by atoms with E-state index < -0.39 is 31.0 Å². The Bertz CT molecular complexity index is 996. The first-order chi connectivity index (χ1) is 12.2. The minimum Gasteiger partial charge on any atom is -0.308 e. The predicted octanol–water partition coefficient (Wildman–Crippen LogP) is 2.03. The van der Waals surface area contributed by atoms with Crippen LogP contribution >= 0.6 is 0 Å². The van der Waals surface area contributed by atoms with E-state index >= 15 is 0 Å². The van der Waals surface area contributed by atoms with Crippen LogP contribution in [0.3, 0.4) is 0 Å². The van der Waals surface area contributed by atoms with Gasteiger partial charge in [-0.25, -0.2) is 16.8 Å². The molecule has 140 valence electrons. The van der Waals surface area contributed by atoms with E-state index in [1.807, 2.05) is 38.1 Å². The van der Waals surface area contributed by atoms with Gasteiger partial charge in [0.05, 0.1) is 21.7 Å². The molecule has 0 saturated carbocycles. The van der Waals surface area contributed by atoms with Crippen molar-refractivity contribution in [1.29, 1.82) is 0 Å². The van der Waals surface area contributed by atoms with E-state index in [1.165, 1.54) is 0 Å². The number of sulfone groups is 2. The van der Waals surface area contributed by atoms with Crippen molar-refractivity contribution in [1.82, 2.24) is 5.32 Å². The van der Waals surface area contributed by atoms with Crippen molar-refractivity contribution in [3.63, 3.8) is 0 Å². The fraction of sp³-hybridized carbons (Fsp3) is 0.368. The van der Waals surface area contributed by atoms with Crippen LogP contribution in [0.2, 0.25) is 0 Å². The molecule has 26 heavy (non-hydrogen) atoms. The van der Waals surface area contributed by atoms with E-state index in [-0.39, 0.29) is 16.4 Å². The maximum atomic E-state index is 13.0. The van der Waals surface area contributed by atoms with Crippen LogP contribution in [0.4, 0.5) is 0 Å². The van der Waals surface area contributed by atoms with Gasteiger partial charge in [-0.1, -0.05) is 47.5 Å². The number of hydrogen-bond acceptors (Lipinski definition) is 5. The van der Waals surface area contributed by atoms with Crippen LogP contribution in [0, 0.1) is 13.8 Å². The van der Waals surface area contributed by atoms with Crippen LogP contribution in [0.25, 0.3) is 0 Å². The quantitative estimate of drug-likeness (QED) is 0.841. The van der Waals surface area contributed by atoms with Crippen LogP contribution in [-0.4, -0.2) is 39.6 Å². The Kier molecular flexibility index (Phi) is 5.23. The number of hydrogen-bond donors (Lipinski definition) is 1. The lowest BCUT2D eigenvalue weighted by molar-refractivity contribution is 0.526. The minimum absolute atomic E-state index is 0.158. The zero-order valence-electron chi connectivity index (χ0n) is 14.8. The maximum absolute atomic E-state index is 13.0. The van der Waals surface area contributed by atoms with Gasteiger partial charge in [0.2, 0.25) is 0 Å². The van der Waals surface area contributed by atoms with Gasteiger partial charge in [0.15, 0.2) is 19.7 Å². The summed E-state index contributed by atoms with van der Waals surface area (Å²) in [4.78, 5) is 0.174. The molecule has 0 bridgehead atoms. The van der Waals surface area contributed by atoms with Crippen LogP contribution in [-0.2, 0) is 26.2 Å². The topological polar surface area (TPSA) is 80.3 Å². The van der Waals surface area contributed by atoms with Gasteiger partial charge >= 0.3 is 0 Å². The summed E-state index contributed by atoms with van der Waals surface area (Å²) < 4.78 is 50.3. The second-order valence-electron chi connectivity index (χ2n) is 6.95. The van der Waals surface area contributed by atoms with Crippen LogP contribution in [0.1, 0.15) is 16.7 Å². The molecule has 7 heteroatoms. The molecule has 0 spiro atoms. The summed E-state index contributed by atoms with van der Waals surface area (Å²) in [5.41, 5.74) is 3.06. The van der Waals surface area contributed by atoms with E-state index in [0.717, 1.165) is 16.7 Å². The van der Waals surface area contributed by atoms with Gasteiger partial charge in [-0.3, -0.25) is 0 Å².